The highest BCUT2D eigenvalue weighted by molar-refractivity contribution is 7.89. The minimum absolute atomic E-state index is 0.292. The van der Waals surface area contributed by atoms with Crippen molar-refractivity contribution in [3.05, 3.63) is 0 Å². The molecular formula is C11H24N2O3S. The molecule has 0 spiro atoms. The van der Waals surface area contributed by atoms with Crippen LogP contribution in [0.5, 0.6) is 0 Å². The topological polar surface area (TPSA) is 58.6 Å². The summed E-state index contributed by atoms with van der Waals surface area (Å²) < 4.78 is 30.9. The summed E-state index contributed by atoms with van der Waals surface area (Å²) in [6, 6.07) is 0.292. The molecule has 1 aliphatic heterocycles. The molecule has 0 bridgehead atoms. The average Bonchev–Trinajstić information content (AvgIpc) is 2.76. The number of hydrogen-bond acceptors (Lipinski definition) is 4. The Hall–Kier alpha value is -0.170. The molecule has 0 amide bonds. The van der Waals surface area contributed by atoms with Crippen molar-refractivity contribution in [2.75, 3.05) is 33.4 Å². The van der Waals surface area contributed by atoms with Gasteiger partial charge in [-0.25, -0.2) is 8.42 Å². The number of nitrogens with one attached hydrogen (secondary N) is 1. The van der Waals surface area contributed by atoms with Crippen LogP contribution in [0.4, 0.5) is 0 Å². The summed E-state index contributed by atoms with van der Waals surface area (Å²) in [7, 11) is -1.59. The summed E-state index contributed by atoms with van der Waals surface area (Å²) >= 11 is 0. The van der Waals surface area contributed by atoms with Crippen molar-refractivity contribution in [3.8, 4) is 0 Å². The molecule has 5 nitrogen and oxygen atoms in total. The van der Waals surface area contributed by atoms with Crippen molar-refractivity contribution in [3.63, 3.8) is 0 Å². The summed E-state index contributed by atoms with van der Waals surface area (Å²) in [5, 5.41) is 2.95. The van der Waals surface area contributed by atoms with Crippen LogP contribution >= 0.6 is 0 Å². The summed E-state index contributed by atoms with van der Waals surface area (Å²) in [6.45, 7) is 5.87. The molecule has 1 unspecified atom stereocenters. The minimum atomic E-state index is -3.19. The maximum absolute atomic E-state index is 12.2. The SMILES string of the molecule is COCCN(CC1CCCN1)S(=O)(=O)C(C)C. The molecule has 1 saturated heterocycles. The van der Waals surface area contributed by atoms with E-state index in [-0.39, 0.29) is 5.25 Å². The fraction of sp³-hybridized carbons (Fsp3) is 1.00. The van der Waals surface area contributed by atoms with Crippen LogP contribution in [0, 0.1) is 0 Å². The molecule has 17 heavy (non-hydrogen) atoms. The van der Waals surface area contributed by atoms with E-state index < -0.39 is 10.0 Å². The van der Waals surface area contributed by atoms with Crippen LogP contribution in [0.3, 0.4) is 0 Å². The van der Waals surface area contributed by atoms with E-state index in [1.165, 1.54) is 0 Å². The quantitative estimate of drug-likeness (QED) is 0.724. The highest BCUT2D eigenvalue weighted by atomic mass is 32.2. The fourth-order valence-corrected chi connectivity index (χ4v) is 3.29. The molecule has 1 fully saturated rings. The second-order valence-corrected chi connectivity index (χ2v) is 7.23. The van der Waals surface area contributed by atoms with Crippen LogP contribution in [0.25, 0.3) is 0 Å². The predicted molar refractivity (Wildman–Crippen MR) is 68.5 cm³/mol. The number of nitrogens with zero attached hydrogens (tertiary/aromatic N) is 1. The lowest BCUT2D eigenvalue weighted by atomic mass is 10.2. The second-order valence-electron chi connectivity index (χ2n) is 4.74. The molecule has 6 heteroatoms. The Labute approximate surface area is 105 Å². The molecule has 0 aliphatic carbocycles. The number of rotatable bonds is 7. The lowest BCUT2D eigenvalue weighted by Crippen LogP contribution is -2.45. The van der Waals surface area contributed by atoms with Gasteiger partial charge in [0.1, 0.15) is 0 Å². The van der Waals surface area contributed by atoms with Crippen molar-refractivity contribution in [1.29, 1.82) is 0 Å². The van der Waals surface area contributed by atoms with Gasteiger partial charge in [0.05, 0.1) is 11.9 Å². The van der Waals surface area contributed by atoms with E-state index in [0.717, 1.165) is 19.4 Å². The van der Waals surface area contributed by atoms with E-state index in [2.05, 4.69) is 5.32 Å². The highest BCUT2D eigenvalue weighted by Gasteiger charge is 2.28. The summed E-state index contributed by atoms with van der Waals surface area (Å²) in [4.78, 5) is 0. The molecule has 0 saturated carbocycles. The fourth-order valence-electron chi connectivity index (χ4n) is 1.97. The first kappa shape index (κ1) is 14.9. The molecular weight excluding hydrogens is 240 g/mol. The third-order valence-electron chi connectivity index (χ3n) is 3.09. The summed E-state index contributed by atoms with van der Waals surface area (Å²) in [5.41, 5.74) is 0. The van der Waals surface area contributed by atoms with Gasteiger partial charge in [-0.3, -0.25) is 0 Å². The van der Waals surface area contributed by atoms with E-state index >= 15 is 0 Å². The number of methoxy groups -OCH3 is 1. The van der Waals surface area contributed by atoms with Gasteiger partial charge in [0.25, 0.3) is 0 Å². The van der Waals surface area contributed by atoms with E-state index in [0.29, 0.717) is 25.7 Å². The van der Waals surface area contributed by atoms with Gasteiger partial charge in [0, 0.05) is 26.2 Å². The molecule has 0 aromatic heterocycles. The monoisotopic (exact) mass is 264 g/mol. The van der Waals surface area contributed by atoms with Gasteiger partial charge in [0.2, 0.25) is 10.0 Å². The van der Waals surface area contributed by atoms with E-state index in [1.54, 1.807) is 25.3 Å². The summed E-state index contributed by atoms with van der Waals surface area (Å²) in [6.07, 6.45) is 2.18. The zero-order valence-electron chi connectivity index (χ0n) is 11.0. The molecule has 0 radical (unpaired) electrons. The number of hydrogen-bond donors (Lipinski definition) is 1. The van der Waals surface area contributed by atoms with Crippen LogP contribution in [-0.4, -0.2) is 57.4 Å². The molecule has 0 aromatic rings. The molecule has 1 N–H and O–H groups in total. The Morgan fingerprint density at radius 3 is 2.65 bits per heavy atom. The van der Waals surface area contributed by atoms with Gasteiger partial charge in [-0.05, 0) is 33.2 Å². The number of sulfonamides is 1. The predicted octanol–water partition coefficient (Wildman–Crippen LogP) is 0.425. The van der Waals surface area contributed by atoms with Crippen molar-refractivity contribution in [2.45, 2.75) is 38.0 Å². The largest absolute Gasteiger partial charge is 0.383 e. The van der Waals surface area contributed by atoms with Crippen LogP contribution in [-0.2, 0) is 14.8 Å². The van der Waals surface area contributed by atoms with Crippen molar-refractivity contribution >= 4 is 10.0 Å². The average molecular weight is 264 g/mol. The first-order valence-electron chi connectivity index (χ1n) is 6.19. The summed E-state index contributed by atoms with van der Waals surface area (Å²) in [5.74, 6) is 0. The standard InChI is InChI=1S/C11H24N2O3S/c1-10(2)17(14,15)13(7-8-16-3)9-11-5-4-6-12-11/h10-12H,4-9H2,1-3H3. The Bertz CT molecular complexity index is 311. The molecule has 1 atom stereocenters. The van der Waals surface area contributed by atoms with Gasteiger partial charge < -0.3 is 10.1 Å². The normalized spacial score (nSPS) is 21.6. The maximum Gasteiger partial charge on any atom is 0.216 e. The van der Waals surface area contributed by atoms with Crippen molar-refractivity contribution in [1.82, 2.24) is 9.62 Å². The molecule has 1 heterocycles. The Kier molecular flexibility index (Phi) is 5.85. The van der Waals surface area contributed by atoms with E-state index in [1.807, 2.05) is 0 Å². The first-order valence-corrected chi connectivity index (χ1v) is 7.70. The smallest absolute Gasteiger partial charge is 0.216 e. The Morgan fingerprint density at radius 1 is 1.47 bits per heavy atom. The van der Waals surface area contributed by atoms with E-state index in [4.69, 9.17) is 4.74 Å². The van der Waals surface area contributed by atoms with Gasteiger partial charge in [0.15, 0.2) is 0 Å². The van der Waals surface area contributed by atoms with Crippen LogP contribution in [0.15, 0.2) is 0 Å². The lowest BCUT2D eigenvalue weighted by molar-refractivity contribution is 0.176. The van der Waals surface area contributed by atoms with E-state index in [9.17, 15) is 8.42 Å². The van der Waals surface area contributed by atoms with Gasteiger partial charge in [-0.15, -0.1) is 0 Å². The molecule has 1 aliphatic rings. The van der Waals surface area contributed by atoms with Crippen molar-refractivity contribution in [2.24, 2.45) is 0 Å². The Morgan fingerprint density at radius 2 is 2.18 bits per heavy atom. The third-order valence-corrected chi connectivity index (χ3v) is 5.33. The zero-order chi connectivity index (χ0) is 12.9. The number of ether oxygens (including phenoxy) is 1. The molecule has 102 valence electrons. The minimum Gasteiger partial charge on any atom is -0.383 e. The van der Waals surface area contributed by atoms with Gasteiger partial charge in [-0.1, -0.05) is 0 Å². The highest BCUT2D eigenvalue weighted by Crippen LogP contribution is 2.13. The zero-order valence-corrected chi connectivity index (χ0v) is 11.8. The first-order chi connectivity index (χ1) is 7.98. The molecule has 0 aromatic carbocycles. The van der Waals surface area contributed by atoms with Gasteiger partial charge >= 0.3 is 0 Å². The third kappa shape index (κ3) is 4.21. The van der Waals surface area contributed by atoms with Crippen LogP contribution in [0.2, 0.25) is 0 Å². The maximum atomic E-state index is 12.2. The van der Waals surface area contributed by atoms with Gasteiger partial charge in [-0.2, -0.15) is 4.31 Å². The second kappa shape index (κ2) is 6.68. The van der Waals surface area contributed by atoms with Crippen molar-refractivity contribution < 1.29 is 13.2 Å². The van der Waals surface area contributed by atoms with Crippen LogP contribution in [0.1, 0.15) is 26.7 Å². The van der Waals surface area contributed by atoms with Crippen LogP contribution < -0.4 is 5.32 Å². The lowest BCUT2D eigenvalue weighted by Gasteiger charge is -2.26. The Balaban J connectivity index is 2.65. The molecule has 1 rings (SSSR count).